The first-order valence-corrected chi connectivity index (χ1v) is 10.4. The fourth-order valence-electron chi connectivity index (χ4n) is 3.52. The molecule has 0 saturated carbocycles. The molecule has 2 N–H and O–H groups in total. The summed E-state index contributed by atoms with van der Waals surface area (Å²) in [6.45, 7) is 7.18. The number of likely N-dealkylation sites (N-methyl/N-ethyl adjacent to an activating group) is 2. The Morgan fingerprint density at radius 1 is 0.938 bits per heavy atom. The Labute approximate surface area is 189 Å². The van der Waals surface area contributed by atoms with Crippen molar-refractivity contribution in [2.45, 2.75) is 20.8 Å². The molecule has 1 amide bonds. The summed E-state index contributed by atoms with van der Waals surface area (Å²) in [5, 5.41) is 0.692. The van der Waals surface area contributed by atoms with Gasteiger partial charge in [0.25, 0.3) is 5.91 Å². The summed E-state index contributed by atoms with van der Waals surface area (Å²) in [6, 6.07) is 7.44. The van der Waals surface area contributed by atoms with Gasteiger partial charge in [-0.1, -0.05) is 0 Å². The van der Waals surface area contributed by atoms with Crippen molar-refractivity contribution in [1.82, 2.24) is 14.9 Å². The first-order chi connectivity index (χ1) is 15.2. The lowest BCUT2D eigenvalue weighted by atomic mass is 10.00. The Hall–Kier alpha value is -3.55. The summed E-state index contributed by atoms with van der Waals surface area (Å²) >= 11 is 0. The number of rotatable bonds is 7. The molecule has 170 valence electrons. The van der Waals surface area contributed by atoms with Gasteiger partial charge in [0.15, 0.2) is 11.5 Å². The highest BCUT2D eigenvalue weighted by molar-refractivity contribution is 5.94. The maximum Gasteiger partial charge on any atom is 0.253 e. The van der Waals surface area contributed by atoms with Gasteiger partial charge in [-0.3, -0.25) is 4.79 Å². The lowest BCUT2D eigenvalue weighted by Crippen LogP contribution is -2.35. The van der Waals surface area contributed by atoms with Crippen LogP contribution in [0.3, 0.4) is 0 Å². The number of hydrogen-bond acceptors (Lipinski definition) is 7. The van der Waals surface area contributed by atoms with E-state index in [1.165, 1.54) is 5.56 Å². The number of hydrogen-bond donors (Lipinski definition) is 1. The fraction of sp³-hybridized carbons (Fsp3) is 0.375. The van der Waals surface area contributed by atoms with Crippen molar-refractivity contribution >= 4 is 28.6 Å². The number of aryl methyl sites for hydroxylation is 2. The second-order valence-corrected chi connectivity index (χ2v) is 8.02. The number of amides is 1. The number of benzene rings is 2. The van der Waals surface area contributed by atoms with E-state index in [-0.39, 0.29) is 5.91 Å². The minimum Gasteiger partial charge on any atom is -0.493 e. The smallest absolute Gasteiger partial charge is 0.253 e. The molecule has 0 bridgehead atoms. The average molecular weight is 438 g/mol. The molecule has 0 aliphatic carbocycles. The molecular weight excluding hydrogens is 406 g/mol. The Morgan fingerprint density at radius 3 is 2.12 bits per heavy atom. The van der Waals surface area contributed by atoms with Crippen molar-refractivity contribution in [3.63, 3.8) is 0 Å². The van der Waals surface area contributed by atoms with Crippen LogP contribution in [0, 0.1) is 20.8 Å². The summed E-state index contributed by atoms with van der Waals surface area (Å²) < 4.78 is 10.7. The van der Waals surface area contributed by atoms with Crippen LogP contribution in [-0.4, -0.2) is 62.2 Å². The van der Waals surface area contributed by atoms with E-state index in [1.807, 2.05) is 37.9 Å². The third-order valence-electron chi connectivity index (χ3n) is 5.85. The normalized spacial score (nSPS) is 10.8. The number of aromatic nitrogens is 2. The SMILES string of the molecule is COc1cc2nc(N(C)CCN(C)C(=O)c3cc(C)c(C)c(C)c3)nc(N)c2cc1OC. The summed E-state index contributed by atoms with van der Waals surface area (Å²) in [5.41, 5.74) is 11.0. The molecule has 0 aliphatic rings. The predicted molar refractivity (Wildman–Crippen MR) is 128 cm³/mol. The van der Waals surface area contributed by atoms with Crippen LogP contribution in [0.4, 0.5) is 11.8 Å². The Balaban J connectivity index is 1.76. The summed E-state index contributed by atoms with van der Waals surface area (Å²) in [7, 11) is 6.82. The van der Waals surface area contributed by atoms with Crippen molar-refractivity contribution in [2.24, 2.45) is 0 Å². The van der Waals surface area contributed by atoms with Crippen molar-refractivity contribution in [3.8, 4) is 11.5 Å². The fourth-order valence-corrected chi connectivity index (χ4v) is 3.52. The number of methoxy groups -OCH3 is 2. The molecule has 0 fully saturated rings. The van der Waals surface area contributed by atoms with Crippen molar-refractivity contribution in [1.29, 1.82) is 0 Å². The molecule has 0 radical (unpaired) electrons. The maximum atomic E-state index is 12.9. The molecule has 3 rings (SSSR count). The van der Waals surface area contributed by atoms with Gasteiger partial charge in [0.1, 0.15) is 5.82 Å². The highest BCUT2D eigenvalue weighted by atomic mass is 16.5. The second-order valence-electron chi connectivity index (χ2n) is 8.02. The van der Waals surface area contributed by atoms with E-state index in [4.69, 9.17) is 15.2 Å². The van der Waals surface area contributed by atoms with Gasteiger partial charge in [-0.2, -0.15) is 4.98 Å². The zero-order valence-electron chi connectivity index (χ0n) is 19.8. The first kappa shape index (κ1) is 23.1. The molecule has 0 atom stereocenters. The molecule has 3 aromatic rings. The van der Waals surface area contributed by atoms with E-state index >= 15 is 0 Å². The third kappa shape index (κ3) is 4.54. The summed E-state index contributed by atoms with van der Waals surface area (Å²) in [6.07, 6.45) is 0. The van der Waals surface area contributed by atoms with Gasteiger partial charge in [-0.25, -0.2) is 4.98 Å². The number of nitrogens with zero attached hydrogens (tertiary/aromatic N) is 4. The lowest BCUT2D eigenvalue weighted by Gasteiger charge is -2.23. The number of fused-ring (bicyclic) bond motifs is 1. The van der Waals surface area contributed by atoms with E-state index in [1.54, 1.807) is 38.3 Å². The number of nitrogens with two attached hydrogens (primary N) is 1. The number of anilines is 2. The van der Waals surface area contributed by atoms with Crippen molar-refractivity contribution in [2.75, 3.05) is 52.0 Å². The average Bonchev–Trinajstić information content (AvgIpc) is 2.78. The van der Waals surface area contributed by atoms with Gasteiger partial charge in [-0.05, 0) is 55.7 Å². The molecule has 2 aromatic carbocycles. The standard InChI is InChI=1S/C24H31N5O3/c1-14-10-17(11-15(2)16(14)3)23(30)28(4)8-9-29(5)24-26-19-13-21(32-7)20(31-6)12-18(19)22(25)27-24/h10-13H,8-9H2,1-7H3,(H2,25,26,27). The second kappa shape index (κ2) is 9.30. The Kier molecular flexibility index (Phi) is 6.72. The first-order valence-electron chi connectivity index (χ1n) is 10.4. The van der Waals surface area contributed by atoms with Crippen molar-refractivity contribution < 1.29 is 14.3 Å². The molecule has 0 spiro atoms. The summed E-state index contributed by atoms with van der Waals surface area (Å²) in [5.74, 6) is 1.96. The molecule has 8 heteroatoms. The van der Waals surface area contributed by atoms with Crippen LogP contribution < -0.4 is 20.1 Å². The molecule has 0 unspecified atom stereocenters. The van der Waals surface area contributed by atoms with Crippen LogP contribution in [0.1, 0.15) is 27.0 Å². The van der Waals surface area contributed by atoms with E-state index in [0.29, 0.717) is 52.8 Å². The minimum absolute atomic E-state index is 0.0135. The lowest BCUT2D eigenvalue weighted by molar-refractivity contribution is 0.0798. The highest BCUT2D eigenvalue weighted by Crippen LogP contribution is 2.34. The van der Waals surface area contributed by atoms with Gasteiger partial charge in [-0.15, -0.1) is 0 Å². The molecule has 32 heavy (non-hydrogen) atoms. The monoisotopic (exact) mass is 437 g/mol. The molecular formula is C24H31N5O3. The van der Waals surface area contributed by atoms with Gasteiger partial charge in [0, 0.05) is 44.2 Å². The van der Waals surface area contributed by atoms with Crippen molar-refractivity contribution in [3.05, 3.63) is 46.5 Å². The van der Waals surface area contributed by atoms with Crippen LogP contribution in [0.5, 0.6) is 11.5 Å². The molecule has 8 nitrogen and oxygen atoms in total. The topological polar surface area (TPSA) is 93.8 Å². The van der Waals surface area contributed by atoms with Crippen LogP contribution in [0.2, 0.25) is 0 Å². The number of ether oxygens (including phenoxy) is 2. The van der Waals surface area contributed by atoms with E-state index < -0.39 is 0 Å². The van der Waals surface area contributed by atoms with Crippen LogP contribution in [-0.2, 0) is 0 Å². The van der Waals surface area contributed by atoms with Crippen LogP contribution in [0.15, 0.2) is 24.3 Å². The number of nitrogen functional groups attached to an aromatic ring is 1. The molecule has 1 heterocycles. The number of carbonyl (C=O) groups is 1. The quantitative estimate of drug-likeness (QED) is 0.606. The van der Waals surface area contributed by atoms with Crippen LogP contribution >= 0.6 is 0 Å². The minimum atomic E-state index is -0.0135. The largest absolute Gasteiger partial charge is 0.493 e. The predicted octanol–water partition coefficient (Wildman–Crippen LogP) is 3.36. The molecule has 1 aromatic heterocycles. The molecule has 0 aliphatic heterocycles. The van der Waals surface area contributed by atoms with E-state index in [9.17, 15) is 4.79 Å². The third-order valence-corrected chi connectivity index (χ3v) is 5.85. The van der Waals surface area contributed by atoms with E-state index in [2.05, 4.69) is 16.9 Å². The van der Waals surface area contributed by atoms with Gasteiger partial charge < -0.3 is 25.0 Å². The number of carbonyl (C=O) groups excluding carboxylic acids is 1. The van der Waals surface area contributed by atoms with Gasteiger partial charge in [0.2, 0.25) is 5.95 Å². The van der Waals surface area contributed by atoms with E-state index in [0.717, 1.165) is 11.1 Å². The maximum absolute atomic E-state index is 12.9. The zero-order valence-corrected chi connectivity index (χ0v) is 19.8. The Morgan fingerprint density at radius 2 is 1.53 bits per heavy atom. The van der Waals surface area contributed by atoms with Gasteiger partial charge in [0.05, 0.1) is 19.7 Å². The molecule has 0 saturated heterocycles. The highest BCUT2D eigenvalue weighted by Gasteiger charge is 2.17. The summed E-state index contributed by atoms with van der Waals surface area (Å²) in [4.78, 5) is 25.6. The zero-order chi connectivity index (χ0) is 23.6. The Bertz CT molecular complexity index is 1140. The van der Waals surface area contributed by atoms with Crippen LogP contribution in [0.25, 0.3) is 10.9 Å². The van der Waals surface area contributed by atoms with Gasteiger partial charge >= 0.3 is 0 Å².